The van der Waals surface area contributed by atoms with Crippen molar-refractivity contribution in [2.24, 2.45) is 0 Å². The molecule has 0 aromatic carbocycles. The predicted molar refractivity (Wildman–Crippen MR) is 56.9 cm³/mol. The monoisotopic (exact) mass is 242 g/mol. The van der Waals surface area contributed by atoms with Gasteiger partial charge in [0.05, 0.1) is 0 Å². The molecule has 3 atom stereocenters. The molecule has 0 aliphatic heterocycles. The van der Waals surface area contributed by atoms with Crippen LogP contribution in [0.4, 0.5) is 0 Å². The number of carbonyl (C=O) groups excluding carboxylic acids is 2. The first-order valence-corrected chi connectivity index (χ1v) is 5.06. The lowest BCUT2D eigenvalue weighted by molar-refractivity contribution is -0.140. The van der Waals surface area contributed by atoms with Crippen molar-refractivity contribution >= 4 is 11.8 Å². The molecule has 0 bridgehead atoms. The molecule has 0 saturated carbocycles. The van der Waals surface area contributed by atoms with Crippen LogP contribution in [0.2, 0.25) is 0 Å². The number of allylic oxidation sites excluding steroid dienone is 1. The topological polar surface area (TPSA) is 104 Å². The van der Waals surface area contributed by atoms with Gasteiger partial charge in [-0.15, -0.1) is 0 Å². The molecule has 0 amide bonds. The normalized spacial score (nSPS) is 29.3. The molecule has 17 heavy (non-hydrogen) atoms. The van der Waals surface area contributed by atoms with E-state index < -0.39 is 30.1 Å². The minimum absolute atomic E-state index is 0.0341. The van der Waals surface area contributed by atoms with E-state index in [1.165, 1.54) is 12.2 Å². The number of esters is 1. The molecule has 0 heterocycles. The van der Waals surface area contributed by atoms with Gasteiger partial charge in [-0.05, 0) is 13.0 Å². The maximum absolute atomic E-state index is 11.5. The Morgan fingerprint density at radius 2 is 2.12 bits per heavy atom. The highest BCUT2D eigenvalue weighted by molar-refractivity contribution is 6.00. The molecule has 0 spiro atoms. The lowest BCUT2D eigenvalue weighted by Crippen LogP contribution is -2.46. The zero-order chi connectivity index (χ0) is 13.0. The maximum Gasteiger partial charge on any atom is 0.330 e. The Morgan fingerprint density at radius 1 is 1.47 bits per heavy atom. The second-order valence-electron chi connectivity index (χ2n) is 3.59. The third kappa shape index (κ3) is 3.23. The summed E-state index contributed by atoms with van der Waals surface area (Å²) in [7, 11) is 0. The van der Waals surface area contributed by atoms with E-state index in [0.29, 0.717) is 0 Å². The Labute approximate surface area is 97.8 Å². The first-order chi connectivity index (χ1) is 7.97. The van der Waals surface area contributed by atoms with Gasteiger partial charge in [-0.25, -0.2) is 4.79 Å². The van der Waals surface area contributed by atoms with Crippen LogP contribution in [-0.2, 0) is 14.3 Å². The standard InChI is InChI=1S/C11H14O6/c1-2-3-8(13)17-5-6-4-7(12)10(15)11(16)9(6)14/h2-4,7,10-12,15-16H,5H2,1H3/t7-,10-,11-/m1/s1. The summed E-state index contributed by atoms with van der Waals surface area (Å²) in [4.78, 5) is 22.5. The fourth-order valence-corrected chi connectivity index (χ4v) is 1.37. The molecule has 6 nitrogen and oxygen atoms in total. The largest absolute Gasteiger partial charge is 0.458 e. The number of ketones is 1. The summed E-state index contributed by atoms with van der Waals surface area (Å²) < 4.78 is 4.71. The highest BCUT2D eigenvalue weighted by Gasteiger charge is 2.36. The molecular weight excluding hydrogens is 228 g/mol. The van der Waals surface area contributed by atoms with E-state index in [0.717, 1.165) is 6.08 Å². The minimum Gasteiger partial charge on any atom is -0.458 e. The summed E-state index contributed by atoms with van der Waals surface area (Å²) in [6.07, 6.45) is -0.855. The van der Waals surface area contributed by atoms with Crippen LogP contribution in [0.3, 0.4) is 0 Å². The van der Waals surface area contributed by atoms with Crippen LogP contribution < -0.4 is 0 Å². The van der Waals surface area contributed by atoms with Crippen molar-refractivity contribution in [1.82, 2.24) is 0 Å². The Morgan fingerprint density at radius 3 is 2.71 bits per heavy atom. The van der Waals surface area contributed by atoms with Gasteiger partial charge in [0.25, 0.3) is 0 Å². The maximum atomic E-state index is 11.5. The van der Waals surface area contributed by atoms with Gasteiger partial charge in [0.1, 0.15) is 24.9 Å². The van der Waals surface area contributed by atoms with Gasteiger partial charge < -0.3 is 20.1 Å². The van der Waals surface area contributed by atoms with Crippen LogP contribution in [0.1, 0.15) is 6.92 Å². The second kappa shape index (κ2) is 5.72. The number of aliphatic hydroxyl groups excluding tert-OH is 3. The van der Waals surface area contributed by atoms with Crippen LogP contribution in [0.5, 0.6) is 0 Å². The lowest BCUT2D eigenvalue weighted by Gasteiger charge is -2.26. The van der Waals surface area contributed by atoms with Crippen molar-refractivity contribution in [3.8, 4) is 0 Å². The Balaban J connectivity index is 2.68. The number of ether oxygens (including phenoxy) is 1. The van der Waals surface area contributed by atoms with Crippen molar-refractivity contribution in [3.05, 3.63) is 23.8 Å². The second-order valence-corrected chi connectivity index (χ2v) is 3.59. The predicted octanol–water partition coefficient (Wildman–Crippen LogP) is -1.30. The van der Waals surface area contributed by atoms with Gasteiger partial charge in [-0.3, -0.25) is 4.79 Å². The summed E-state index contributed by atoms with van der Waals surface area (Å²) in [5.74, 6) is -1.38. The smallest absolute Gasteiger partial charge is 0.330 e. The first kappa shape index (κ1) is 13.6. The van der Waals surface area contributed by atoms with E-state index >= 15 is 0 Å². The highest BCUT2D eigenvalue weighted by atomic mass is 16.5. The lowest BCUT2D eigenvalue weighted by atomic mass is 9.91. The average Bonchev–Trinajstić information content (AvgIpc) is 2.30. The van der Waals surface area contributed by atoms with Gasteiger partial charge >= 0.3 is 5.97 Å². The molecule has 1 aliphatic carbocycles. The molecule has 6 heteroatoms. The quantitative estimate of drug-likeness (QED) is 0.419. The third-order valence-corrected chi connectivity index (χ3v) is 2.30. The van der Waals surface area contributed by atoms with E-state index in [9.17, 15) is 24.9 Å². The molecule has 0 aromatic heterocycles. The van der Waals surface area contributed by atoms with Gasteiger partial charge in [0.15, 0.2) is 5.78 Å². The van der Waals surface area contributed by atoms with E-state index in [4.69, 9.17) is 4.74 Å². The summed E-state index contributed by atoms with van der Waals surface area (Å²) in [6, 6.07) is 0. The van der Waals surface area contributed by atoms with Gasteiger partial charge in [-0.2, -0.15) is 0 Å². The van der Waals surface area contributed by atoms with Crippen LogP contribution in [0, 0.1) is 0 Å². The molecule has 0 radical (unpaired) electrons. The molecule has 0 unspecified atom stereocenters. The SMILES string of the molecule is CC=CC(=O)OCC1=C[C@@H](O)[C@@H](O)[C@H](O)C1=O. The average molecular weight is 242 g/mol. The highest BCUT2D eigenvalue weighted by Crippen LogP contribution is 2.16. The van der Waals surface area contributed by atoms with Gasteiger partial charge in [-0.1, -0.05) is 6.08 Å². The summed E-state index contributed by atoms with van der Waals surface area (Å²) in [5, 5.41) is 27.8. The van der Waals surface area contributed by atoms with Crippen molar-refractivity contribution in [2.45, 2.75) is 25.2 Å². The van der Waals surface area contributed by atoms with E-state index in [2.05, 4.69) is 0 Å². The number of hydrogen-bond donors (Lipinski definition) is 3. The Bertz CT molecular complexity index is 370. The minimum atomic E-state index is -1.69. The number of hydrogen-bond acceptors (Lipinski definition) is 6. The molecule has 0 fully saturated rings. The molecule has 1 aliphatic rings. The van der Waals surface area contributed by atoms with E-state index in [1.807, 2.05) is 0 Å². The molecule has 1 rings (SSSR count). The molecule has 94 valence electrons. The number of aliphatic hydroxyl groups is 3. The molecular formula is C11H14O6. The number of carbonyl (C=O) groups is 2. The summed E-state index contributed by atoms with van der Waals surface area (Å²) >= 11 is 0. The molecule has 3 N–H and O–H groups in total. The van der Waals surface area contributed by atoms with E-state index in [-0.39, 0.29) is 12.2 Å². The van der Waals surface area contributed by atoms with Crippen molar-refractivity contribution < 1.29 is 29.6 Å². The zero-order valence-electron chi connectivity index (χ0n) is 9.24. The zero-order valence-corrected chi connectivity index (χ0v) is 9.24. The summed E-state index contributed by atoms with van der Waals surface area (Å²) in [6.45, 7) is 1.29. The first-order valence-electron chi connectivity index (χ1n) is 5.06. The van der Waals surface area contributed by atoms with Crippen molar-refractivity contribution in [3.63, 3.8) is 0 Å². The van der Waals surface area contributed by atoms with Crippen molar-refractivity contribution in [2.75, 3.05) is 6.61 Å². The molecule has 0 aromatic rings. The number of Topliss-reactive ketones (excluding diaryl/α,β-unsaturated/α-hetero) is 1. The number of rotatable bonds is 3. The summed E-state index contributed by atoms with van der Waals surface area (Å²) in [5.41, 5.74) is -0.0341. The van der Waals surface area contributed by atoms with E-state index in [1.54, 1.807) is 6.92 Å². The fourth-order valence-electron chi connectivity index (χ4n) is 1.37. The molecule has 0 saturated heterocycles. The van der Waals surface area contributed by atoms with Crippen LogP contribution in [0.25, 0.3) is 0 Å². The van der Waals surface area contributed by atoms with Crippen LogP contribution in [-0.4, -0.2) is 52.0 Å². The van der Waals surface area contributed by atoms with Gasteiger partial charge in [0, 0.05) is 11.6 Å². The fraction of sp³-hybridized carbons (Fsp3) is 0.455. The third-order valence-electron chi connectivity index (χ3n) is 2.30. The Kier molecular flexibility index (Phi) is 4.56. The van der Waals surface area contributed by atoms with Crippen molar-refractivity contribution in [1.29, 1.82) is 0 Å². The van der Waals surface area contributed by atoms with Crippen LogP contribution >= 0.6 is 0 Å². The van der Waals surface area contributed by atoms with Gasteiger partial charge in [0.2, 0.25) is 0 Å². The van der Waals surface area contributed by atoms with Crippen LogP contribution in [0.15, 0.2) is 23.8 Å². The Hall–Kier alpha value is -1.50.